The number of hydrogen-bond donors (Lipinski definition) is 3. The van der Waals surface area contributed by atoms with Crippen LogP contribution < -0.4 is 20.9 Å². The Morgan fingerprint density at radius 2 is 2.06 bits per heavy atom. The Bertz CT molecular complexity index is 395. The second-order valence-electron chi connectivity index (χ2n) is 2.95. The predicted molar refractivity (Wildman–Crippen MR) is 69.1 cm³/mol. The van der Waals surface area contributed by atoms with Gasteiger partial charge in [-0.3, -0.25) is 15.6 Å². The summed E-state index contributed by atoms with van der Waals surface area (Å²) >= 11 is 4.80. The summed E-state index contributed by atoms with van der Waals surface area (Å²) in [5.41, 5.74) is 4.86. The largest absolute Gasteiger partial charge is 0.484 e. The molecule has 0 aliphatic carbocycles. The Balaban J connectivity index is 2.22. The fourth-order valence-electron chi connectivity index (χ4n) is 0.957. The lowest BCUT2D eigenvalue weighted by Crippen LogP contribution is -2.46. The van der Waals surface area contributed by atoms with E-state index in [0.29, 0.717) is 5.75 Å². The van der Waals surface area contributed by atoms with E-state index in [1.807, 2.05) is 18.2 Å². The molecule has 1 aromatic rings. The molecular weight excluding hydrogens is 238 g/mol. The van der Waals surface area contributed by atoms with Crippen LogP contribution in [0.3, 0.4) is 0 Å². The molecule has 0 saturated carbocycles. The number of amides is 1. The van der Waals surface area contributed by atoms with E-state index in [4.69, 9.17) is 17.0 Å². The number of hydrazine groups is 1. The molecule has 0 fully saturated rings. The van der Waals surface area contributed by atoms with Crippen LogP contribution in [0.2, 0.25) is 0 Å². The van der Waals surface area contributed by atoms with Crippen LogP contribution >= 0.6 is 12.2 Å². The molecule has 90 valence electrons. The fourth-order valence-corrected chi connectivity index (χ4v) is 1.09. The maximum atomic E-state index is 11.3. The number of rotatable bonds is 4. The molecule has 3 N–H and O–H groups in total. The van der Waals surface area contributed by atoms with Gasteiger partial charge in [-0.2, -0.15) is 0 Å². The molecule has 1 aromatic carbocycles. The van der Waals surface area contributed by atoms with E-state index in [1.165, 1.54) is 6.20 Å². The average Bonchev–Trinajstić information content (AvgIpc) is 2.35. The van der Waals surface area contributed by atoms with Crippen molar-refractivity contribution in [1.82, 2.24) is 16.2 Å². The zero-order valence-electron chi connectivity index (χ0n) is 9.10. The number of benzene rings is 1. The van der Waals surface area contributed by atoms with E-state index in [0.717, 1.165) is 0 Å². The van der Waals surface area contributed by atoms with Gasteiger partial charge in [-0.05, 0) is 30.6 Å². The normalized spacial score (nSPS) is 8.94. The standard InChI is InChI=1S/C11H13N3O2S/c1-2-12-11(17)14-13-10(15)8-16-9-6-4-3-5-7-9/h2-7H,1,8H2,(H,13,15)(H2,12,14,17). The maximum absolute atomic E-state index is 11.3. The summed E-state index contributed by atoms with van der Waals surface area (Å²) in [6, 6.07) is 9.06. The molecule has 0 aliphatic heterocycles. The molecule has 0 spiro atoms. The number of thiocarbonyl (C=S) groups is 1. The van der Waals surface area contributed by atoms with E-state index >= 15 is 0 Å². The van der Waals surface area contributed by atoms with Gasteiger partial charge in [0, 0.05) is 0 Å². The molecule has 0 aromatic heterocycles. The molecule has 0 aliphatic rings. The lowest BCUT2D eigenvalue weighted by molar-refractivity contribution is -0.123. The van der Waals surface area contributed by atoms with Crippen LogP contribution in [0.1, 0.15) is 0 Å². The van der Waals surface area contributed by atoms with Crippen LogP contribution in [-0.4, -0.2) is 17.6 Å². The van der Waals surface area contributed by atoms with E-state index < -0.39 is 0 Å². The molecule has 0 heterocycles. The molecular formula is C11H13N3O2S. The first kappa shape index (κ1) is 13.0. The minimum Gasteiger partial charge on any atom is -0.484 e. The molecule has 1 amide bonds. The monoisotopic (exact) mass is 251 g/mol. The van der Waals surface area contributed by atoms with Crippen molar-refractivity contribution >= 4 is 23.2 Å². The van der Waals surface area contributed by atoms with Crippen molar-refractivity contribution in [3.05, 3.63) is 43.1 Å². The highest BCUT2D eigenvalue weighted by Crippen LogP contribution is 2.07. The van der Waals surface area contributed by atoms with E-state index in [9.17, 15) is 4.79 Å². The van der Waals surface area contributed by atoms with Crippen molar-refractivity contribution in [2.45, 2.75) is 0 Å². The first-order chi connectivity index (χ1) is 8.22. The highest BCUT2D eigenvalue weighted by molar-refractivity contribution is 7.80. The number of ether oxygens (including phenoxy) is 1. The van der Waals surface area contributed by atoms with E-state index in [1.54, 1.807) is 12.1 Å². The SMILES string of the molecule is C=CNC(=S)NNC(=O)COc1ccccc1. The topological polar surface area (TPSA) is 62.4 Å². The first-order valence-electron chi connectivity index (χ1n) is 4.86. The lowest BCUT2D eigenvalue weighted by Gasteiger charge is -2.09. The quantitative estimate of drug-likeness (QED) is 0.543. The Morgan fingerprint density at radius 3 is 2.71 bits per heavy atom. The summed E-state index contributed by atoms with van der Waals surface area (Å²) in [6.07, 6.45) is 1.40. The summed E-state index contributed by atoms with van der Waals surface area (Å²) in [5.74, 6) is 0.302. The smallest absolute Gasteiger partial charge is 0.276 e. The second-order valence-corrected chi connectivity index (χ2v) is 3.36. The van der Waals surface area contributed by atoms with Gasteiger partial charge in [-0.1, -0.05) is 24.8 Å². The third kappa shape index (κ3) is 5.53. The minimum atomic E-state index is -0.331. The van der Waals surface area contributed by atoms with E-state index in [2.05, 4.69) is 22.7 Å². The lowest BCUT2D eigenvalue weighted by atomic mass is 10.3. The van der Waals surface area contributed by atoms with Gasteiger partial charge in [-0.25, -0.2) is 0 Å². The summed E-state index contributed by atoms with van der Waals surface area (Å²) < 4.78 is 5.22. The number of carbonyl (C=O) groups excluding carboxylic acids is 1. The molecule has 17 heavy (non-hydrogen) atoms. The van der Waals surface area contributed by atoms with Gasteiger partial charge in [-0.15, -0.1) is 0 Å². The Hall–Kier alpha value is -2.08. The van der Waals surface area contributed by atoms with Crippen molar-refractivity contribution in [2.24, 2.45) is 0 Å². The third-order valence-electron chi connectivity index (χ3n) is 1.66. The number of para-hydroxylation sites is 1. The van der Waals surface area contributed by atoms with Crippen LogP contribution in [0.25, 0.3) is 0 Å². The molecule has 0 bridgehead atoms. The van der Waals surface area contributed by atoms with Gasteiger partial charge in [0.05, 0.1) is 0 Å². The van der Waals surface area contributed by atoms with Crippen molar-refractivity contribution in [2.75, 3.05) is 6.61 Å². The number of nitrogens with one attached hydrogen (secondary N) is 3. The number of hydrogen-bond acceptors (Lipinski definition) is 3. The van der Waals surface area contributed by atoms with Crippen LogP contribution in [0.4, 0.5) is 0 Å². The van der Waals surface area contributed by atoms with Crippen molar-refractivity contribution < 1.29 is 9.53 Å². The van der Waals surface area contributed by atoms with Gasteiger partial charge < -0.3 is 10.1 Å². The Morgan fingerprint density at radius 1 is 1.35 bits per heavy atom. The Kier molecular flexibility index (Phi) is 5.53. The van der Waals surface area contributed by atoms with Crippen LogP contribution in [0.5, 0.6) is 5.75 Å². The van der Waals surface area contributed by atoms with Gasteiger partial charge in [0.2, 0.25) is 0 Å². The Labute approximate surface area is 105 Å². The van der Waals surface area contributed by atoms with Gasteiger partial charge >= 0.3 is 0 Å². The highest BCUT2D eigenvalue weighted by atomic mass is 32.1. The highest BCUT2D eigenvalue weighted by Gasteiger charge is 2.02. The zero-order chi connectivity index (χ0) is 12.5. The van der Waals surface area contributed by atoms with Crippen molar-refractivity contribution in [1.29, 1.82) is 0 Å². The molecule has 6 heteroatoms. The van der Waals surface area contributed by atoms with Gasteiger partial charge in [0.25, 0.3) is 5.91 Å². The molecule has 0 saturated heterocycles. The van der Waals surface area contributed by atoms with Crippen molar-refractivity contribution in [3.8, 4) is 5.75 Å². The van der Waals surface area contributed by atoms with Crippen molar-refractivity contribution in [3.63, 3.8) is 0 Å². The minimum absolute atomic E-state index is 0.0896. The maximum Gasteiger partial charge on any atom is 0.276 e. The van der Waals surface area contributed by atoms with E-state index in [-0.39, 0.29) is 17.6 Å². The van der Waals surface area contributed by atoms with Crippen LogP contribution in [0, 0.1) is 0 Å². The second kappa shape index (κ2) is 7.24. The predicted octanol–water partition coefficient (Wildman–Crippen LogP) is 0.704. The molecule has 0 unspecified atom stereocenters. The first-order valence-corrected chi connectivity index (χ1v) is 5.27. The van der Waals surface area contributed by atoms with Crippen LogP contribution in [0.15, 0.2) is 43.1 Å². The zero-order valence-corrected chi connectivity index (χ0v) is 9.92. The van der Waals surface area contributed by atoms with Gasteiger partial charge in [0.15, 0.2) is 11.7 Å². The van der Waals surface area contributed by atoms with Crippen LogP contribution in [-0.2, 0) is 4.79 Å². The average molecular weight is 251 g/mol. The molecule has 0 atom stereocenters. The number of carbonyl (C=O) groups is 1. The summed E-state index contributed by atoms with van der Waals surface area (Å²) in [5, 5.41) is 2.86. The van der Waals surface area contributed by atoms with Gasteiger partial charge in [0.1, 0.15) is 5.75 Å². The molecule has 0 radical (unpaired) electrons. The molecule has 1 rings (SSSR count). The summed E-state index contributed by atoms with van der Waals surface area (Å²) in [6.45, 7) is 3.34. The molecule has 5 nitrogen and oxygen atoms in total. The fraction of sp³-hybridized carbons (Fsp3) is 0.0909. The summed E-state index contributed by atoms with van der Waals surface area (Å²) in [4.78, 5) is 11.3. The summed E-state index contributed by atoms with van der Waals surface area (Å²) in [7, 11) is 0. The third-order valence-corrected chi connectivity index (χ3v) is 1.88.